The van der Waals surface area contributed by atoms with Gasteiger partial charge in [0.15, 0.2) is 5.76 Å². The van der Waals surface area contributed by atoms with Crippen molar-refractivity contribution < 1.29 is 10.0 Å². The number of nitrogens with zero attached hydrogens (tertiary/aromatic N) is 2. The van der Waals surface area contributed by atoms with E-state index in [9.17, 15) is 10.4 Å². The van der Waals surface area contributed by atoms with Crippen molar-refractivity contribution in [2.24, 2.45) is 11.8 Å². The summed E-state index contributed by atoms with van der Waals surface area (Å²) in [5.74, 6) is 1.41. The molecule has 1 aromatic carbocycles. The second-order valence-electron chi connectivity index (χ2n) is 8.13. The number of quaternary nitrogens is 1. The maximum Gasteiger partial charge on any atom is 0.168 e. The first-order valence-electron chi connectivity index (χ1n) is 10.1. The number of hydrogen-bond acceptors (Lipinski definition) is 4. The van der Waals surface area contributed by atoms with Crippen LogP contribution in [0, 0.1) is 23.2 Å². The molecule has 0 amide bonds. The second kappa shape index (κ2) is 11.0. The molecular formula is C23H32N3OS+. The van der Waals surface area contributed by atoms with Crippen LogP contribution in [0.15, 0.2) is 41.5 Å². The molecule has 1 aromatic heterocycles. The van der Waals surface area contributed by atoms with Gasteiger partial charge >= 0.3 is 0 Å². The predicted molar refractivity (Wildman–Crippen MR) is 117 cm³/mol. The average Bonchev–Trinajstić information content (AvgIpc) is 3.14. The van der Waals surface area contributed by atoms with E-state index in [1.807, 2.05) is 35.7 Å². The number of rotatable bonds is 10. The minimum Gasteiger partial charge on any atom is -0.506 e. The number of aliphatic hydroxyl groups excluding tert-OH is 1. The smallest absolute Gasteiger partial charge is 0.168 e. The summed E-state index contributed by atoms with van der Waals surface area (Å²) in [7, 11) is 0. The first-order valence-corrected chi connectivity index (χ1v) is 11.0. The van der Waals surface area contributed by atoms with Crippen LogP contribution in [0.4, 0.5) is 0 Å². The van der Waals surface area contributed by atoms with Crippen LogP contribution in [0.3, 0.4) is 0 Å². The lowest BCUT2D eigenvalue weighted by molar-refractivity contribution is -0.897. The summed E-state index contributed by atoms with van der Waals surface area (Å²) in [5, 5.41) is 22.9. The van der Waals surface area contributed by atoms with Crippen molar-refractivity contribution in [3.05, 3.63) is 46.5 Å². The molecule has 2 rings (SSSR count). The van der Waals surface area contributed by atoms with Crippen LogP contribution in [0.5, 0.6) is 0 Å². The summed E-state index contributed by atoms with van der Waals surface area (Å²) in [6.07, 6.45) is 2.22. The van der Waals surface area contributed by atoms with E-state index < -0.39 is 0 Å². The van der Waals surface area contributed by atoms with Crippen molar-refractivity contribution in [1.29, 1.82) is 5.26 Å². The van der Waals surface area contributed by atoms with Crippen molar-refractivity contribution in [3.63, 3.8) is 0 Å². The molecule has 0 radical (unpaired) electrons. The minimum atomic E-state index is 0.152. The van der Waals surface area contributed by atoms with E-state index in [0.717, 1.165) is 37.2 Å². The fourth-order valence-electron chi connectivity index (χ4n) is 2.98. The second-order valence-corrected chi connectivity index (χ2v) is 8.99. The number of nitriles is 1. The van der Waals surface area contributed by atoms with Crippen molar-refractivity contribution in [2.45, 2.75) is 40.5 Å². The van der Waals surface area contributed by atoms with Crippen LogP contribution in [0.25, 0.3) is 16.8 Å². The highest BCUT2D eigenvalue weighted by molar-refractivity contribution is 7.11. The van der Waals surface area contributed by atoms with E-state index in [1.54, 1.807) is 0 Å². The first kappa shape index (κ1) is 22.1. The van der Waals surface area contributed by atoms with Crippen molar-refractivity contribution in [2.75, 3.05) is 19.6 Å². The third kappa shape index (κ3) is 6.78. The summed E-state index contributed by atoms with van der Waals surface area (Å²) in [6, 6.07) is 12.1. The number of benzene rings is 1. The Balaban J connectivity index is 2.18. The summed E-state index contributed by atoms with van der Waals surface area (Å²) in [4.78, 5) is 5.92. The van der Waals surface area contributed by atoms with Gasteiger partial charge in [0, 0.05) is 10.9 Å². The molecule has 5 heteroatoms. The molecule has 150 valence electrons. The number of aromatic nitrogens is 1. The van der Waals surface area contributed by atoms with Crippen molar-refractivity contribution in [3.8, 4) is 17.3 Å². The lowest BCUT2D eigenvalue weighted by atomic mass is 10.1. The molecule has 0 aliphatic carbocycles. The average molecular weight is 399 g/mol. The monoisotopic (exact) mass is 398 g/mol. The fourth-order valence-corrected chi connectivity index (χ4v) is 3.82. The molecule has 28 heavy (non-hydrogen) atoms. The molecule has 0 spiro atoms. The molecule has 0 saturated heterocycles. The zero-order chi connectivity index (χ0) is 20.5. The van der Waals surface area contributed by atoms with Gasteiger partial charge < -0.3 is 10.0 Å². The molecule has 4 nitrogen and oxygen atoms in total. The number of hydrogen-bond donors (Lipinski definition) is 2. The topological polar surface area (TPSA) is 61.4 Å². The van der Waals surface area contributed by atoms with Gasteiger partial charge in [-0.25, -0.2) is 4.98 Å². The van der Waals surface area contributed by atoms with Crippen molar-refractivity contribution in [1.82, 2.24) is 4.98 Å². The van der Waals surface area contributed by atoms with Crippen LogP contribution in [-0.2, 0) is 0 Å². The van der Waals surface area contributed by atoms with Gasteiger partial charge in [-0.2, -0.15) is 5.26 Å². The third-order valence-electron chi connectivity index (χ3n) is 4.76. The van der Waals surface area contributed by atoms with E-state index in [2.05, 4.69) is 38.7 Å². The number of nitrogens with one attached hydrogen (secondary N) is 1. The standard InChI is InChI=1S/C23H31N3OS/c1-17(2)10-12-26(13-11-18(3)4)15-22(27)20(14-24)23-25-21(16-28-23)19-8-6-5-7-9-19/h5-9,16-18,27H,10-13,15H2,1-4H3/p+1/b22-20-. The van der Waals surface area contributed by atoms with Crippen molar-refractivity contribution >= 4 is 16.9 Å². The van der Waals surface area contributed by atoms with Gasteiger partial charge in [-0.1, -0.05) is 58.0 Å². The molecule has 2 aromatic rings. The van der Waals surface area contributed by atoms with E-state index in [1.165, 1.54) is 16.2 Å². The van der Waals surface area contributed by atoms with E-state index in [0.29, 0.717) is 29.0 Å². The Labute approximate surface area is 173 Å². The fraction of sp³-hybridized carbons (Fsp3) is 0.478. The molecule has 0 aliphatic rings. The SMILES string of the molecule is CC(C)CC[NH+](CCC(C)C)C/C(O)=C(\C#N)c1nc(-c2ccccc2)cs1. The Hall–Kier alpha value is -2.16. The third-order valence-corrected chi connectivity index (χ3v) is 5.62. The van der Waals surface area contributed by atoms with Gasteiger partial charge in [0.05, 0.1) is 18.8 Å². The molecule has 2 N–H and O–H groups in total. The van der Waals surface area contributed by atoms with Gasteiger partial charge in [0.1, 0.15) is 23.2 Å². The van der Waals surface area contributed by atoms with Gasteiger partial charge in [0.2, 0.25) is 0 Å². The highest BCUT2D eigenvalue weighted by Crippen LogP contribution is 2.26. The maximum absolute atomic E-state index is 10.7. The summed E-state index contributed by atoms with van der Waals surface area (Å²) in [5.41, 5.74) is 2.16. The summed E-state index contributed by atoms with van der Waals surface area (Å²) in [6.45, 7) is 11.4. The van der Waals surface area contributed by atoms with Crippen LogP contribution in [0.2, 0.25) is 0 Å². The molecular weight excluding hydrogens is 366 g/mol. The predicted octanol–water partition coefficient (Wildman–Crippen LogP) is 4.58. The number of allylic oxidation sites excluding steroid dienone is 1. The minimum absolute atomic E-state index is 0.152. The van der Waals surface area contributed by atoms with Crippen LogP contribution >= 0.6 is 11.3 Å². The van der Waals surface area contributed by atoms with Gasteiger partial charge in [-0.15, -0.1) is 11.3 Å². The maximum atomic E-state index is 10.7. The molecule has 0 atom stereocenters. The highest BCUT2D eigenvalue weighted by atomic mass is 32.1. The van der Waals surface area contributed by atoms with Gasteiger partial charge in [-0.3, -0.25) is 0 Å². The molecule has 0 unspecified atom stereocenters. The molecule has 0 fully saturated rings. The summed E-state index contributed by atoms with van der Waals surface area (Å²) < 4.78 is 0. The number of thiazole rings is 1. The number of aliphatic hydroxyl groups is 1. The Morgan fingerprint density at radius 3 is 2.25 bits per heavy atom. The highest BCUT2D eigenvalue weighted by Gasteiger charge is 2.19. The summed E-state index contributed by atoms with van der Waals surface area (Å²) >= 11 is 1.41. The zero-order valence-corrected chi connectivity index (χ0v) is 18.2. The van der Waals surface area contributed by atoms with E-state index >= 15 is 0 Å². The molecule has 0 aliphatic heterocycles. The Morgan fingerprint density at radius 1 is 1.11 bits per heavy atom. The lowest BCUT2D eigenvalue weighted by Gasteiger charge is -2.21. The van der Waals surface area contributed by atoms with Crippen LogP contribution in [0.1, 0.15) is 45.5 Å². The van der Waals surface area contributed by atoms with Crippen LogP contribution in [-0.4, -0.2) is 29.7 Å². The largest absolute Gasteiger partial charge is 0.506 e. The van der Waals surface area contributed by atoms with E-state index in [4.69, 9.17) is 0 Å². The normalized spacial score (nSPS) is 12.5. The Morgan fingerprint density at radius 2 is 1.71 bits per heavy atom. The van der Waals surface area contributed by atoms with Gasteiger partial charge in [-0.05, 0) is 24.7 Å². The zero-order valence-electron chi connectivity index (χ0n) is 17.4. The first-order chi connectivity index (χ1) is 13.4. The Kier molecular flexibility index (Phi) is 8.69. The Bertz CT molecular complexity index is 791. The van der Waals surface area contributed by atoms with Gasteiger partial charge in [0.25, 0.3) is 0 Å². The molecule has 0 saturated carbocycles. The quantitative estimate of drug-likeness (QED) is 0.455. The van der Waals surface area contributed by atoms with Crippen LogP contribution < -0.4 is 4.90 Å². The lowest BCUT2D eigenvalue weighted by Crippen LogP contribution is -3.12. The van der Waals surface area contributed by atoms with E-state index in [-0.39, 0.29) is 5.76 Å². The molecule has 1 heterocycles. The molecule has 0 bridgehead atoms.